The number of hydrogen-bond acceptors (Lipinski definition) is 3. The van der Waals surface area contributed by atoms with E-state index in [-0.39, 0.29) is 6.03 Å². The number of benzene rings is 2. The van der Waals surface area contributed by atoms with Crippen molar-refractivity contribution in [2.24, 2.45) is 0 Å². The number of para-hydroxylation sites is 2. The van der Waals surface area contributed by atoms with Crippen LogP contribution in [-0.2, 0) is 6.42 Å². The van der Waals surface area contributed by atoms with Crippen molar-refractivity contribution in [2.45, 2.75) is 6.42 Å². The summed E-state index contributed by atoms with van der Waals surface area (Å²) in [6, 6.07) is 19.4. The molecule has 0 unspecified atom stereocenters. The Morgan fingerprint density at radius 3 is 2.27 bits per heavy atom. The van der Waals surface area contributed by atoms with Crippen LogP contribution in [0, 0.1) is 0 Å². The summed E-state index contributed by atoms with van der Waals surface area (Å²) in [4.78, 5) is 21.0. The minimum Gasteiger partial charge on any atom is -0.338 e. The average molecular weight is 342 g/mol. The number of hydrogen-bond donors (Lipinski definition) is 2. The number of pyridine rings is 2. The first-order valence-electron chi connectivity index (χ1n) is 8.52. The third kappa shape index (κ3) is 3.32. The molecule has 0 spiro atoms. The molecule has 4 rings (SSSR count). The molecule has 5 nitrogen and oxygen atoms in total. The molecule has 0 atom stereocenters. The number of carbonyl (C=O) groups is 1. The first-order chi connectivity index (χ1) is 12.8. The van der Waals surface area contributed by atoms with Gasteiger partial charge in [0, 0.05) is 29.7 Å². The van der Waals surface area contributed by atoms with Crippen LogP contribution in [0.25, 0.3) is 21.8 Å². The van der Waals surface area contributed by atoms with E-state index < -0.39 is 0 Å². The zero-order valence-corrected chi connectivity index (χ0v) is 14.1. The quantitative estimate of drug-likeness (QED) is 0.585. The molecule has 2 aromatic carbocycles. The van der Waals surface area contributed by atoms with Crippen LogP contribution in [0.1, 0.15) is 5.56 Å². The summed E-state index contributed by atoms with van der Waals surface area (Å²) in [5.74, 6) is 0. The van der Waals surface area contributed by atoms with Crippen molar-refractivity contribution in [1.82, 2.24) is 15.3 Å². The van der Waals surface area contributed by atoms with Crippen LogP contribution in [0.3, 0.4) is 0 Å². The molecule has 2 aromatic heterocycles. The fourth-order valence-electron chi connectivity index (χ4n) is 3.05. The number of aromatic nitrogens is 2. The van der Waals surface area contributed by atoms with Gasteiger partial charge in [-0.3, -0.25) is 9.97 Å². The van der Waals surface area contributed by atoms with Crippen LogP contribution in [0.2, 0.25) is 0 Å². The van der Waals surface area contributed by atoms with E-state index in [1.54, 1.807) is 12.4 Å². The summed E-state index contributed by atoms with van der Waals surface area (Å²) >= 11 is 0. The van der Waals surface area contributed by atoms with E-state index in [1.165, 1.54) is 0 Å². The lowest BCUT2D eigenvalue weighted by atomic mass is 10.1. The Bertz CT molecular complexity index is 1070. The SMILES string of the molecule is O=C(NCCc1cccc2cccnc12)Nc1cccc2cccnc12. The second-order valence-corrected chi connectivity index (χ2v) is 6.00. The Morgan fingerprint density at radius 2 is 1.46 bits per heavy atom. The molecule has 0 aliphatic rings. The van der Waals surface area contributed by atoms with E-state index >= 15 is 0 Å². The highest BCUT2D eigenvalue weighted by atomic mass is 16.2. The van der Waals surface area contributed by atoms with Crippen molar-refractivity contribution in [3.05, 3.63) is 78.6 Å². The van der Waals surface area contributed by atoms with Gasteiger partial charge < -0.3 is 10.6 Å². The lowest BCUT2D eigenvalue weighted by molar-refractivity contribution is 0.252. The number of nitrogens with zero attached hydrogens (tertiary/aromatic N) is 2. The maximum absolute atomic E-state index is 12.2. The summed E-state index contributed by atoms with van der Waals surface area (Å²) < 4.78 is 0. The second-order valence-electron chi connectivity index (χ2n) is 6.00. The van der Waals surface area contributed by atoms with Crippen molar-refractivity contribution in [3.8, 4) is 0 Å². The Labute approximate surface area is 151 Å². The van der Waals surface area contributed by atoms with Gasteiger partial charge in [0.15, 0.2) is 0 Å². The van der Waals surface area contributed by atoms with E-state index in [1.807, 2.05) is 60.7 Å². The summed E-state index contributed by atoms with van der Waals surface area (Å²) in [6.07, 6.45) is 4.23. The van der Waals surface area contributed by atoms with Crippen molar-refractivity contribution < 1.29 is 4.79 Å². The first-order valence-corrected chi connectivity index (χ1v) is 8.52. The number of urea groups is 1. The normalized spacial score (nSPS) is 10.8. The van der Waals surface area contributed by atoms with E-state index in [0.29, 0.717) is 12.2 Å². The molecule has 2 amide bonds. The summed E-state index contributed by atoms with van der Waals surface area (Å²) in [7, 11) is 0. The number of carbonyl (C=O) groups excluding carboxylic acids is 1. The second kappa shape index (κ2) is 7.19. The standard InChI is InChI=1S/C21H18N4O/c26-21(25-18-10-2-7-16-9-4-13-23-20(16)18)24-14-11-17-6-1-5-15-8-3-12-22-19(15)17/h1-10,12-13H,11,14H2,(H2,24,25,26). The van der Waals surface area contributed by atoms with Gasteiger partial charge in [0.25, 0.3) is 0 Å². The molecule has 128 valence electrons. The molecule has 0 bridgehead atoms. The van der Waals surface area contributed by atoms with Gasteiger partial charge in [0.05, 0.1) is 16.7 Å². The van der Waals surface area contributed by atoms with Gasteiger partial charge in [-0.25, -0.2) is 4.79 Å². The van der Waals surface area contributed by atoms with Crippen LogP contribution in [0.4, 0.5) is 10.5 Å². The van der Waals surface area contributed by atoms with Crippen molar-refractivity contribution >= 4 is 33.5 Å². The number of fused-ring (bicyclic) bond motifs is 2. The molecular weight excluding hydrogens is 324 g/mol. The number of nitrogens with one attached hydrogen (secondary N) is 2. The third-order valence-electron chi connectivity index (χ3n) is 4.28. The molecule has 0 saturated carbocycles. The summed E-state index contributed by atoms with van der Waals surface area (Å²) in [6.45, 7) is 0.527. The average Bonchev–Trinajstić information content (AvgIpc) is 2.68. The zero-order valence-electron chi connectivity index (χ0n) is 14.1. The predicted molar refractivity (Wildman–Crippen MR) is 104 cm³/mol. The van der Waals surface area contributed by atoms with Crippen molar-refractivity contribution in [2.75, 3.05) is 11.9 Å². The molecule has 0 saturated heterocycles. The molecule has 0 fully saturated rings. The van der Waals surface area contributed by atoms with Gasteiger partial charge in [-0.15, -0.1) is 0 Å². The fraction of sp³-hybridized carbons (Fsp3) is 0.0952. The number of amides is 2. The Morgan fingerprint density at radius 1 is 0.808 bits per heavy atom. The molecule has 26 heavy (non-hydrogen) atoms. The van der Waals surface area contributed by atoms with Gasteiger partial charge in [0.2, 0.25) is 0 Å². The van der Waals surface area contributed by atoms with E-state index in [4.69, 9.17) is 0 Å². The van der Waals surface area contributed by atoms with Gasteiger partial charge in [-0.1, -0.05) is 42.5 Å². The molecule has 4 aromatic rings. The highest BCUT2D eigenvalue weighted by Crippen LogP contribution is 2.20. The lowest BCUT2D eigenvalue weighted by Gasteiger charge is -2.10. The molecule has 0 aliphatic heterocycles. The maximum atomic E-state index is 12.2. The van der Waals surface area contributed by atoms with Gasteiger partial charge >= 0.3 is 6.03 Å². The molecule has 0 radical (unpaired) electrons. The smallest absolute Gasteiger partial charge is 0.319 e. The number of rotatable bonds is 4. The molecule has 2 heterocycles. The van der Waals surface area contributed by atoms with Gasteiger partial charge in [-0.2, -0.15) is 0 Å². The van der Waals surface area contributed by atoms with Crippen LogP contribution >= 0.6 is 0 Å². The minimum atomic E-state index is -0.239. The maximum Gasteiger partial charge on any atom is 0.319 e. The van der Waals surface area contributed by atoms with Crippen LogP contribution in [0.5, 0.6) is 0 Å². The monoisotopic (exact) mass is 342 g/mol. The highest BCUT2D eigenvalue weighted by Gasteiger charge is 2.07. The molecular formula is C21H18N4O. The van der Waals surface area contributed by atoms with Gasteiger partial charge in [0.1, 0.15) is 0 Å². The van der Waals surface area contributed by atoms with Crippen molar-refractivity contribution in [3.63, 3.8) is 0 Å². The fourth-order valence-corrected chi connectivity index (χ4v) is 3.05. The lowest BCUT2D eigenvalue weighted by Crippen LogP contribution is -2.30. The summed E-state index contributed by atoms with van der Waals surface area (Å²) in [5.41, 5.74) is 3.58. The molecule has 0 aliphatic carbocycles. The highest BCUT2D eigenvalue weighted by molar-refractivity contribution is 5.99. The summed E-state index contributed by atoms with van der Waals surface area (Å²) in [5, 5.41) is 7.88. The molecule has 5 heteroatoms. The Balaban J connectivity index is 1.41. The first kappa shape index (κ1) is 16.0. The largest absolute Gasteiger partial charge is 0.338 e. The third-order valence-corrected chi connectivity index (χ3v) is 4.28. The zero-order chi connectivity index (χ0) is 17.8. The van der Waals surface area contributed by atoms with Crippen molar-refractivity contribution in [1.29, 1.82) is 0 Å². The van der Waals surface area contributed by atoms with E-state index in [9.17, 15) is 4.79 Å². The van der Waals surface area contributed by atoms with E-state index in [2.05, 4.69) is 20.6 Å². The van der Waals surface area contributed by atoms with Gasteiger partial charge in [-0.05, 0) is 30.2 Å². The molecule has 2 N–H and O–H groups in total. The van der Waals surface area contributed by atoms with E-state index in [0.717, 1.165) is 33.8 Å². The Hall–Kier alpha value is -3.47. The number of anilines is 1. The van der Waals surface area contributed by atoms with Crippen LogP contribution in [-0.4, -0.2) is 22.5 Å². The minimum absolute atomic E-state index is 0.239. The Kier molecular flexibility index (Phi) is 4.43. The topological polar surface area (TPSA) is 66.9 Å². The van der Waals surface area contributed by atoms with Crippen LogP contribution < -0.4 is 10.6 Å². The van der Waals surface area contributed by atoms with Crippen LogP contribution in [0.15, 0.2) is 73.1 Å². The predicted octanol–water partition coefficient (Wildman–Crippen LogP) is 4.15.